The standard InChI is InChI=1S/C18H22.C14H14/c1-11-7-15(5)17(9-13(11)3)18-10-14(4)12(2)8-16(18)6;1-11-3-7-13(8-4-11)14-9-5-12(2)6-10-14/h7-10H,1-6H3;3-10H,1-2H3. The lowest BCUT2D eigenvalue weighted by Crippen LogP contribution is -1.93. The van der Waals surface area contributed by atoms with Gasteiger partial charge in [0.2, 0.25) is 0 Å². The van der Waals surface area contributed by atoms with Gasteiger partial charge in [-0.15, -0.1) is 0 Å². The molecule has 0 bridgehead atoms. The van der Waals surface area contributed by atoms with Crippen molar-refractivity contribution in [1.29, 1.82) is 0 Å². The van der Waals surface area contributed by atoms with Crippen molar-refractivity contribution >= 4 is 0 Å². The predicted molar refractivity (Wildman–Crippen MR) is 142 cm³/mol. The molecule has 4 aromatic rings. The van der Waals surface area contributed by atoms with Crippen molar-refractivity contribution in [2.75, 3.05) is 0 Å². The van der Waals surface area contributed by atoms with Gasteiger partial charge in [-0.05, 0) is 111 Å². The van der Waals surface area contributed by atoms with Crippen LogP contribution in [0.15, 0.2) is 72.8 Å². The summed E-state index contributed by atoms with van der Waals surface area (Å²) in [5.41, 5.74) is 16.1. The predicted octanol–water partition coefficient (Wildman–Crippen LogP) is 9.17. The normalized spacial score (nSPS) is 10.5. The van der Waals surface area contributed by atoms with Crippen molar-refractivity contribution in [3.8, 4) is 22.3 Å². The minimum absolute atomic E-state index is 1.29. The molecule has 164 valence electrons. The summed E-state index contributed by atoms with van der Waals surface area (Å²) in [6, 6.07) is 26.5. The van der Waals surface area contributed by atoms with Gasteiger partial charge in [0, 0.05) is 0 Å². The van der Waals surface area contributed by atoms with Crippen molar-refractivity contribution < 1.29 is 0 Å². The van der Waals surface area contributed by atoms with Crippen LogP contribution in [0.4, 0.5) is 0 Å². The second-order valence-electron chi connectivity index (χ2n) is 9.23. The zero-order valence-electron chi connectivity index (χ0n) is 20.9. The topological polar surface area (TPSA) is 0 Å². The molecule has 0 atom stereocenters. The molecular formula is C32H36. The number of hydrogen-bond donors (Lipinski definition) is 0. The lowest BCUT2D eigenvalue weighted by Gasteiger charge is -2.14. The number of aryl methyl sites for hydroxylation is 8. The quantitative estimate of drug-likeness (QED) is 0.303. The summed E-state index contributed by atoms with van der Waals surface area (Å²) in [6.45, 7) is 17.4. The first-order chi connectivity index (χ1) is 15.2. The lowest BCUT2D eigenvalue weighted by molar-refractivity contribution is 1.27. The Morgan fingerprint density at radius 1 is 0.312 bits per heavy atom. The molecular weight excluding hydrogens is 384 g/mol. The van der Waals surface area contributed by atoms with Crippen LogP contribution in [0.25, 0.3) is 22.3 Å². The third-order valence-electron chi connectivity index (χ3n) is 6.41. The molecule has 0 nitrogen and oxygen atoms in total. The van der Waals surface area contributed by atoms with Gasteiger partial charge in [0.15, 0.2) is 0 Å². The SMILES string of the molecule is Cc1cc(C)c(-c2cc(C)c(C)cc2C)cc1C.Cc1ccc(-c2ccc(C)cc2)cc1. The average Bonchev–Trinajstić information content (AvgIpc) is 2.75. The molecule has 0 aliphatic carbocycles. The molecule has 0 aliphatic rings. The number of rotatable bonds is 2. The van der Waals surface area contributed by atoms with Gasteiger partial charge in [0.05, 0.1) is 0 Å². The molecule has 32 heavy (non-hydrogen) atoms. The molecule has 0 aliphatic heterocycles. The Kier molecular flexibility index (Phi) is 7.36. The summed E-state index contributed by atoms with van der Waals surface area (Å²) in [5.74, 6) is 0. The zero-order chi connectivity index (χ0) is 23.4. The smallest absolute Gasteiger partial charge is 0.0149 e. The maximum Gasteiger partial charge on any atom is -0.0149 e. The third-order valence-corrected chi connectivity index (χ3v) is 6.41. The van der Waals surface area contributed by atoms with Crippen LogP contribution < -0.4 is 0 Å². The second-order valence-corrected chi connectivity index (χ2v) is 9.23. The second kappa shape index (κ2) is 10.0. The summed E-state index contributed by atoms with van der Waals surface area (Å²) in [5, 5.41) is 0. The average molecular weight is 421 g/mol. The zero-order valence-corrected chi connectivity index (χ0v) is 20.9. The first kappa shape index (κ1) is 23.5. The van der Waals surface area contributed by atoms with Crippen LogP contribution in [0.3, 0.4) is 0 Å². The van der Waals surface area contributed by atoms with E-state index in [9.17, 15) is 0 Å². The third kappa shape index (κ3) is 5.56. The van der Waals surface area contributed by atoms with E-state index in [0.29, 0.717) is 0 Å². The van der Waals surface area contributed by atoms with Gasteiger partial charge in [-0.1, -0.05) is 83.9 Å². The van der Waals surface area contributed by atoms with Gasteiger partial charge in [-0.3, -0.25) is 0 Å². The Bertz CT molecular complexity index is 1110. The molecule has 0 radical (unpaired) electrons. The molecule has 0 spiro atoms. The first-order valence-corrected chi connectivity index (χ1v) is 11.5. The first-order valence-electron chi connectivity index (χ1n) is 11.5. The van der Waals surface area contributed by atoms with Gasteiger partial charge < -0.3 is 0 Å². The molecule has 0 heterocycles. The van der Waals surface area contributed by atoms with E-state index in [1.54, 1.807) is 0 Å². The van der Waals surface area contributed by atoms with E-state index in [2.05, 4.69) is 128 Å². The van der Waals surface area contributed by atoms with Gasteiger partial charge in [-0.2, -0.15) is 0 Å². The lowest BCUT2D eigenvalue weighted by atomic mass is 9.90. The fourth-order valence-corrected chi connectivity index (χ4v) is 3.99. The van der Waals surface area contributed by atoms with Crippen LogP contribution in [0.5, 0.6) is 0 Å². The number of benzene rings is 4. The van der Waals surface area contributed by atoms with Crippen molar-refractivity contribution in [1.82, 2.24) is 0 Å². The monoisotopic (exact) mass is 420 g/mol. The van der Waals surface area contributed by atoms with E-state index in [0.717, 1.165) is 0 Å². The highest BCUT2D eigenvalue weighted by Gasteiger charge is 2.08. The van der Waals surface area contributed by atoms with E-state index >= 15 is 0 Å². The highest BCUT2D eigenvalue weighted by Crippen LogP contribution is 2.31. The summed E-state index contributed by atoms with van der Waals surface area (Å²) < 4.78 is 0. The molecule has 0 saturated carbocycles. The van der Waals surface area contributed by atoms with E-state index in [-0.39, 0.29) is 0 Å². The minimum atomic E-state index is 1.29. The van der Waals surface area contributed by atoms with E-state index < -0.39 is 0 Å². The molecule has 0 saturated heterocycles. The highest BCUT2D eigenvalue weighted by atomic mass is 14.1. The molecule has 0 N–H and O–H groups in total. The van der Waals surface area contributed by atoms with Crippen LogP contribution in [-0.2, 0) is 0 Å². The van der Waals surface area contributed by atoms with Crippen molar-refractivity contribution in [2.45, 2.75) is 55.4 Å². The molecule has 4 aromatic carbocycles. The molecule has 0 fully saturated rings. The van der Waals surface area contributed by atoms with Gasteiger partial charge in [0.1, 0.15) is 0 Å². The van der Waals surface area contributed by atoms with E-state index in [1.807, 2.05) is 0 Å². The van der Waals surface area contributed by atoms with E-state index in [1.165, 1.54) is 66.8 Å². The minimum Gasteiger partial charge on any atom is -0.0587 e. The van der Waals surface area contributed by atoms with Gasteiger partial charge >= 0.3 is 0 Å². The molecule has 4 rings (SSSR count). The van der Waals surface area contributed by atoms with E-state index in [4.69, 9.17) is 0 Å². The Hall–Kier alpha value is -3.12. The fourth-order valence-electron chi connectivity index (χ4n) is 3.99. The molecule has 0 heteroatoms. The Morgan fingerprint density at radius 2 is 0.594 bits per heavy atom. The van der Waals surface area contributed by atoms with Crippen LogP contribution in [0.1, 0.15) is 44.5 Å². The summed E-state index contributed by atoms with van der Waals surface area (Å²) in [6.07, 6.45) is 0. The molecule has 0 unspecified atom stereocenters. The summed E-state index contributed by atoms with van der Waals surface area (Å²) in [7, 11) is 0. The van der Waals surface area contributed by atoms with Crippen LogP contribution in [0.2, 0.25) is 0 Å². The Labute approximate surface area is 195 Å². The van der Waals surface area contributed by atoms with Crippen molar-refractivity contribution in [3.63, 3.8) is 0 Å². The maximum atomic E-state index is 2.32. The molecule has 0 aromatic heterocycles. The van der Waals surface area contributed by atoms with Gasteiger partial charge in [0.25, 0.3) is 0 Å². The summed E-state index contributed by atoms with van der Waals surface area (Å²) >= 11 is 0. The van der Waals surface area contributed by atoms with Crippen LogP contribution in [0, 0.1) is 55.4 Å². The van der Waals surface area contributed by atoms with Crippen molar-refractivity contribution in [2.24, 2.45) is 0 Å². The maximum absolute atomic E-state index is 2.32. The Morgan fingerprint density at radius 3 is 0.906 bits per heavy atom. The van der Waals surface area contributed by atoms with Crippen LogP contribution >= 0.6 is 0 Å². The fraction of sp³-hybridized carbons (Fsp3) is 0.250. The van der Waals surface area contributed by atoms with Gasteiger partial charge in [-0.25, -0.2) is 0 Å². The number of hydrogen-bond acceptors (Lipinski definition) is 0. The van der Waals surface area contributed by atoms with Crippen molar-refractivity contribution in [3.05, 3.63) is 117 Å². The summed E-state index contributed by atoms with van der Waals surface area (Å²) in [4.78, 5) is 0. The highest BCUT2D eigenvalue weighted by molar-refractivity contribution is 5.73. The largest absolute Gasteiger partial charge is 0.0587 e. The van der Waals surface area contributed by atoms with Crippen LogP contribution in [-0.4, -0.2) is 0 Å². The Balaban J connectivity index is 0.000000186. The molecule has 0 amide bonds.